The van der Waals surface area contributed by atoms with Gasteiger partial charge in [-0.25, -0.2) is 16.8 Å². The summed E-state index contributed by atoms with van der Waals surface area (Å²) >= 11 is 0. The first-order valence-electron chi connectivity index (χ1n) is 8.87. The van der Waals surface area contributed by atoms with Gasteiger partial charge in [-0.2, -0.15) is 4.72 Å². The van der Waals surface area contributed by atoms with Crippen molar-refractivity contribution in [2.24, 2.45) is 0 Å². The minimum absolute atomic E-state index is 0.0542. The molecule has 1 fully saturated rings. The standard InChI is InChI=1S/C17H27N3O6S2/c1-14(18-28(24,25)16-6-4-15(26-2)5-7-16)17(21)20-10-8-19(9-11-20)12-13-27(3,22)23/h4-7,14,18H,8-13H2,1-3H3/t14-/m0/s1. The maximum absolute atomic E-state index is 12.6. The van der Waals surface area contributed by atoms with Crippen molar-refractivity contribution in [2.75, 3.05) is 51.8 Å². The van der Waals surface area contributed by atoms with Gasteiger partial charge in [0.25, 0.3) is 0 Å². The summed E-state index contributed by atoms with van der Waals surface area (Å²) in [6.45, 7) is 3.91. The topological polar surface area (TPSA) is 113 Å². The Morgan fingerprint density at radius 2 is 1.68 bits per heavy atom. The van der Waals surface area contributed by atoms with Gasteiger partial charge in [0.05, 0.1) is 23.8 Å². The number of carbonyl (C=O) groups excluding carboxylic acids is 1. The Kier molecular flexibility index (Phi) is 7.43. The van der Waals surface area contributed by atoms with E-state index in [4.69, 9.17) is 4.74 Å². The highest BCUT2D eigenvalue weighted by Crippen LogP contribution is 2.16. The fraction of sp³-hybridized carbons (Fsp3) is 0.588. The minimum atomic E-state index is -3.83. The van der Waals surface area contributed by atoms with Crippen LogP contribution < -0.4 is 9.46 Å². The van der Waals surface area contributed by atoms with Crippen molar-refractivity contribution < 1.29 is 26.4 Å². The van der Waals surface area contributed by atoms with Crippen molar-refractivity contribution in [1.29, 1.82) is 0 Å². The van der Waals surface area contributed by atoms with Crippen LogP contribution in [0.4, 0.5) is 0 Å². The van der Waals surface area contributed by atoms with Gasteiger partial charge in [-0.05, 0) is 31.2 Å². The molecule has 0 bridgehead atoms. The first-order chi connectivity index (χ1) is 13.0. The van der Waals surface area contributed by atoms with E-state index in [-0.39, 0.29) is 16.6 Å². The van der Waals surface area contributed by atoms with Gasteiger partial charge in [0, 0.05) is 39.0 Å². The summed E-state index contributed by atoms with van der Waals surface area (Å²) in [5, 5.41) is 0. The molecule has 28 heavy (non-hydrogen) atoms. The monoisotopic (exact) mass is 433 g/mol. The molecule has 1 aliphatic heterocycles. The molecule has 9 nitrogen and oxygen atoms in total. The zero-order chi connectivity index (χ0) is 20.9. The predicted molar refractivity (Wildman–Crippen MR) is 106 cm³/mol. The molecule has 1 amide bonds. The van der Waals surface area contributed by atoms with Gasteiger partial charge in [0.15, 0.2) is 0 Å². The molecule has 1 saturated heterocycles. The predicted octanol–water partition coefficient (Wildman–Crippen LogP) is -0.449. The summed E-state index contributed by atoms with van der Waals surface area (Å²) in [6, 6.07) is 5.00. The van der Waals surface area contributed by atoms with Gasteiger partial charge in [-0.3, -0.25) is 9.69 Å². The van der Waals surface area contributed by atoms with Crippen molar-refractivity contribution in [2.45, 2.75) is 17.9 Å². The van der Waals surface area contributed by atoms with Crippen molar-refractivity contribution in [3.8, 4) is 5.75 Å². The molecule has 1 aromatic carbocycles. The molecule has 1 aromatic rings. The normalized spacial score (nSPS) is 17.3. The van der Waals surface area contributed by atoms with E-state index in [2.05, 4.69) is 4.72 Å². The van der Waals surface area contributed by atoms with E-state index in [9.17, 15) is 21.6 Å². The van der Waals surface area contributed by atoms with E-state index in [1.165, 1.54) is 44.6 Å². The Bertz CT molecular complexity index is 876. The van der Waals surface area contributed by atoms with Crippen LogP contribution in [0.1, 0.15) is 6.92 Å². The number of methoxy groups -OCH3 is 1. The number of sulfone groups is 1. The van der Waals surface area contributed by atoms with Crippen molar-refractivity contribution in [3.63, 3.8) is 0 Å². The lowest BCUT2D eigenvalue weighted by atomic mass is 10.2. The maximum Gasteiger partial charge on any atom is 0.241 e. The number of nitrogens with zero attached hydrogens (tertiary/aromatic N) is 2. The van der Waals surface area contributed by atoms with Crippen molar-refractivity contribution >= 4 is 25.8 Å². The van der Waals surface area contributed by atoms with E-state index < -0.39 is 25.9 Å². The number of carbonyl (C=O) groups is 1. The van der Waals surface area contributed by atoms with Gasteiger partial charge in [0.2, 0.25) is 15.9 Å². The third-order valence-corrected chi connectivity index (χ3v) is 7.02. The second-order valence-corrected chi connectivity index (χ2v) is 10.8. The SMILES string of the molecule is COc1ccc(S(=O)(=O)N[C@@H](C)C(=O)N2CCN(CCS(C)(=O)=O)CC2)cc1. The Labute approximate surface area is 166 Å². The molecule has 1 heterocycles. The van der Waals surface area contributed by atoms with Gasteiger partial charge < -0.3 is 9.64 Å². The molecule has 1 aliphatic rings. The lowest BCUT2D eigenvalue weighted by molar-refractivity contribution is -0.134. The molecule has 1 N–H and O–H groups in total. The van der Waals surface area contributed by atoms with Crippen LogP contribution in [0.5, 0.6) is 5.75 Å². The lowest BCUT2D eigenvalue weighted by Gasteiger charge is -2.35. The number of hydrogen-bond donors (Lipinski definition) is 1. The largest absolute Gasteiger partial charge is 0.497 e. The summed E-state index contributed by atoms with van der Waals surface area (Å²) in [4.78, 5) is 16.2. The molecular weight excluding hydrogens is 406 g/mol. The van der Waals surface area contributed by atoms with E-state index in [0.717, 1.165) is 0 Å². The first kappa shape index (κ1) is 22.6. The van der Waals surface area contributed by atoms with Crippen LogP contribution >= 0.6 is 0 Å². The van der Waals surface area contributed by atoms with E-state index >= 15 is 0 Å². The Morgan fingerprint density at radius 1 is 1.11 bits per heavy atom. The molecule has 158 valence electrons. The van der Waals surface area contributed by atoms with Gasteiger partial charge >= 0.3 is 0 Å². The highest BCUT2D eigenvalue weighted by Gasteiger charge is 2.28. The number of benzene rings is 1. The van der Waals surface area contributed by atoms with E-state index in [0.29, 0.717) is 38.5 Å². The molecule has 0 radical (unpaired) electrons. The smallest absolute Gasteiger partial charge is 0.241 e. The molecule has 1 atom stereocenters. The number of amides is 1. The molecular formula is C17H27N3O6S2. The molecule has 0 aromatic heterocycles. The van der Waals surface area contributed by atoms with Crippen LogP contribution in [0.15, 0.2) is 29.2 Å². The number of sulfonamides is 1. The molecule has 0 unspecified atom stereocenters. The number of nitrogens with one attached hydrogen (secondary N) is 1. The molecule has 0 saturated carbocycles. The van der Waals surface area contributed by atoms with E-state index in [1.54, 1.807) is 4.90 Å². The van der Waals surface area contributed by atoms with Crippen molar-refractivity contribution in [1.82, 2.24) is 14.5 Å². The Morgan fingerprint density at radius 3 is 2.18 bits per heavy atom. The first-order valence-corrected chi connectivity index (χ1v) is 12.4. The average molecular weight is 434 g/mol. The number of piperazine rings is 1. The third kappa shape index (κ3) is 6.43. The van der Waals surface area contributed by atoms with Gasteiger partial charge in [0.1, 0.15) is 15.6 Å². The van der Waals surface area contributed by atoms with Crippen LogP contribution in [0.2, 0.25) is 0 Å². The molecule has 11 heteroatoms. The summed E-state index contributed by atoms with van der Waals surface area (Å²) in [6.07, 6.45) is 1.20. The third-order valence-electron chi connectivity index (χ3n) is 4.53. The number of rotatable bonds is 8. The Balaban J connectivity index is 1.90. The van der Waals surface area contributed by atoms with Crippen LogP contribution in [0, 0.1) is 0 Å². The fourth-order valence-electron chi connectivity index (χ4n) is 2.87. The maximum atomic E-state index is 12.6. The molecule has 0 aliphatic carbocycles. The van der Waals surface area contributed by atoms with Crippen LogP contribution in [0.25, 0.3) is 0 Å². The zero-order valence-corrected chi connectivity index (χ0v) is 17.9. The highest BCUT2D eigenvalue weighted by molar-refractivity contribution is 7.90. The van der Waals surface area contributed by atoms with E-state index in [1.807, 2.05) is 4.90 Å². The second-order valence-electron chi connectivity index (χ2n) is 6.82. The van der Waals surface area contributed by atoms with Crippen LogP contribution in [0.3, 0.4) is 0 Å². The Hall–Kier alpha value is -1.69. The lowest BCUT2D eigenvalue weighted by Crippen LogP contribution is -2.54. The second kappa shape index (κ2) is 9.21. The molecule has 2 rings (SSSR count). The molecule has 0 spiro atoms. The summed E-state index contributed by atoms with van der Waals surface area (Å²) < 4.78 is 54.9. The highest BCUT2D eigenvalue weighted by atomic mass is 32.2. The number of hydrogen-bond acceptors (Lipinski definition) is 7. The number of ether oxygens (including phenoxy) is 1. The van der Waals surface area contributed by atoms with Gasteiger partial charge in [-0.1, -0.05) is 0 Å². The fourth-order valence-corrected chi connectivity index (χ4v) is 4.65. The summed E-state index contributed by atoms with van der Waals surface area (Å²) in [5.74, 6) is 0.315. The van der Waals surface area contributed by atoms with Crippen LogP contribution in [-0.4, -0.2) is 90.4 Å². The van der Waals surface area contributed by atoms with Gasteiger partial charge in [-0.15, -0.1) is 0 Å². The zero-order valence-electron chi connectivity index (χ0n) is 16.3. The minimum Gasteiger partial charge on any atom is -0.497 e. The summed E-state index contributed by atoms with van der Waals surface area (Å²) in [7, 11) is -5.37. The quantitative estimate of drug-likeness (QED) is 0.591. The van der Waals surface area contributed by atoms with Crippen molar-refractivity contribution in [3.05, 3.63) is 24.3 Å². The van der Waals surface area contributed by atoms with Crippen LogP contribution in [-0.2, 0) is 24.7 Å². The average Bonchev–Trinajstić information content (AvgIpc) is 2.65. The summed E-state index contributed by atoms with van der Waals surface area (Å²) in [5.41, 5.74) is 0.